The highest BCUT2D eigenvalue weighted by atomic mass is 16.5. The molecule has 0 radical (unpaired) electrons. The van der Waals surface area contributed by atoms with Gasteiger partial charge in [-0.1, -0.05) is 12.1 Å². The molecule has 1 aliphatic heterocycles. The highest BCUT2D eigenvalue weighted by Gasteiger charge is 2.15. The number of hydrogen-bond donors (Lipinski definition) is 1. The molecule has 1 heterocycles. The summed E-state index contributed by atoms with van der Waals surface area (Å²) >= 11 is 0. The molecule has 0 bridgehead atoms. The van der Waals surface area contributed by atoms with Gasteiger partial charge in [-0.2, -0.15) is 0 Å². The first kappa shape index (κ1) is 13.3. The monoisotopic (exact) mass is 251 g/mol. The zero-order valence-electron chi connectivity index (χ0n) is 10.9. The molecular weight excluding hydrogens is 230 g/mol. The molecule has 0 saturated carbocycles. The van der Waals surface area contributed by atoms with E-state index < -0.39 is 0 Å². The third-order valence-electron chi connectivity index (χ3n) is 3.22. The molecule has 1 unspecified atom stereocenters. The van der Waals surface area contributed by atoms with Crippen molar-refractivity contribution in [3.63, 3.8) is 0 Å². The van der Waals surface area contributed by atoms with E-state index in [0.717, 1.165) is 43.1 Å². The lowest BCUT2D eigenvalue weighted by molar-refractivity contribution is 0.0790. The van der Waals surface area contributed by atoms with Crippen molar-refractivity contribution in [2.45, 2.75) is 19.6 Å². The van der Waals surface area contributed by atoms with Crippen molar-refractivity contribution in [3.05, 3.63) is 29.3 Å². The van der Waals surface area contributed by atoms with Gasteiger partial charge in [0.25, 0.3) is 0 Å². The zero-order valence-corrected chi connectivity index (χ0v) is 10.9. The largest absolute Gasteiger partial charge is 0.496 e. The van der Waals surface area contributed by atoms with Crippen LogP contribution in [-0.2, 0) is 22.6 Å². The maximum absolute atomic E-state index is 5.71. The summed E-state index contributed by atoms with van der Waals surface area (Å²) in [6.07, 6.45) is 1.11. The SMILES string of the molecule is COc1cc(COCC2CCOC2)ccc1CN. The van der Waals surface area contributed by atoms with Crippen molar-refractivity contribution in [1.29, 1.82) is 0 Å². The lowest BCUT2D eigenvalue weighted by atomic mass is 10.1. The van der Waals surface area contributed by atoms with Gasteiger partial charge in [-0.25, -0.2) is 0 Å². The highest BCUT2D eigenvalue weighted by Crippen LogP contribution is 2.20. The summed E-state index contributed by atoms with van der Waals surface area (Å²) in [5.41, 5.74) is 7.77. The second-order valence-electron chi connectivity index (χ2n) is 4.60. The Kier molecular flexibility index (Phi) is 4.99. The van der Waals surface area contributed by atoms with E-state index in [1.807, 2.05) is 18.2 Å². The van der Waals surface area contributed by atoms with E-state index in [1.165, 1.54) is 0 Å². The van der Waals surface area contributed by atoms with Gasteiger partial charge in [0.05, 0.1) is 26.9 Å². The van der Waals surface area contributed by atoms with Crippen molar-refractivity contribution in [2.24, 2.45) is 11.7 Å². The standard InChI is InChI=1S/C14H21NO3/c1-16-14-6-11(2-3-13(14)7-15)8-18-10-12-4-5-17-9-12/h2-3,6,12H,4-5,7-10,15H2,1H3. The van der Waals surface area contributed by atoms with Crippen LogP contribution in [0.15, 0.2) is 18.2 Å². The summed E-state index contributed by atoms with van der Waals surface area (Å²) in [5, 5.41) is 0. The van der Waals surface area contributed by atoms with Crippen molar-refractivity contribution in [2.75, 3.05) is 26.9 Å². The summed E-state index contributed by atoms with van der Waals surface area (Å²) < 4.78 is 16.3. The summed E-state index contributed by atoms with van der Waals surface area (Å²) in [6.45, 7) is 3.56. The molecule has 4 heteroatoms. The Labute approximate surface area is 108 Å². The number of ether oxygens (including phenoxy) is 3. The van der Waals surface area contributed by atoms with E-state index in [-0.39, 0.29) is 0 Å². The van der Waals surface area contributed by atoms with E-state index in [2.05, 4.69) is 0 Å². The van der Waals surface area contributed by atoms with Gasteiger partial charge in [-0.15, -0.1) is 0 Å². The van der Waals surface area contributed by atoms with E-state index in [1.54, 1.807) is 7.11 Å². The van der Waals surface area contributed by atoms with Crippen LogP contribution in [0.1, 0.15) is 17.5 Å². The van der Waals surface area contributed by atoms with Crippen molar-refractivity contribution in [3.8, 4) is 5.75 Å². The predicted octanol–water partition coefficient (Wildman–Crippen LogP) is 1.71. The molecule has 0 aliphatic carbocycles. The van der Waals surface area contributed by atoms with Crippen LogP contribution in [0.25, 0.3) is 0 Å². The summed E-state index contributed by atoms with van der Waals surface area (Å²) in [6, 6.07) is 6.03. The molecule has 0 spiro atoms. The molecule has 1 aromatic rings. The molecular formula is C14H21NO3. The van der Waals surface area contributed by atoms with Gasteiger partial charge >= 0.3 is 0 Å². The summed E-state index contributed by atoms with van der Waals surface area (Å²) in [5.74, 6) is 1.39. The number of benzene rings is 1. The van der Waals surface area contributed by atoms with E-state index in [9.17, 15) is 0 Å². The topological polar surface area (TPSA) is 53.7 Å². The van der Waals surface area contributed by atoms with Crippen molar-refractivity contribution >= 4 is 0 Å². The molecule has 1 saturated heterocycles. The number of hydrogen-bond acceptors (Lipinski definition) is 4. The second kappa shape index (κ2) is 6.73. The third kappa shape index (κ3) is 3.45. The van der Waals surface area contributed by atoms with Gasteiger partial charge in [0.1, 0.15) is 5.75 Å². The first-order valence-electron chi connectivity index (χ1n) is 6.35. The quantitative estimate of drug-likeness (QED) is 0.836. The Hall–Kier alpha value is -1.10. The fourth-order valence-electron chi connectivity index (χ4n) is 2.11. The minimum Gasteiger partial charge on any atom is -0.496 e. The van der Waals surface area contributed by atoms with Crippen LogP contribution in [0.5, 0.6) is 5.75 Å². The number of nitrogens with two attached hydrogens (primary N) is 1. The molecule has 1 aromatic carbocycles. The Morgan fingerprint density at radius 2 is 2.33 bits per heavy atom. The van der Waals surface area contributed by atoms with Gasteiger partial charge in [0.2, 0.25) is 0 Å². The highest BCUT2D eigenvalue weighted by molar-refractivity contribution is 5.37. The van der Waals surface area contributed by atoms with Crippen LogP contribution < -0.4 is 10.5 Å². The minimum absolute atomic E-state index is 0.490. The second-order valence-corrected chi connectivity index (χ2v) is 4.60. The first-order chi connectivity index (χ1) is 8.83. The Bertz CT molecular complexity index is 375. The van der Waals surface area contributed by atoms with Crippen LogP contribution in [0.2, 0.25) is 0 Å². The average molecular weight is 251 g/mol. The van der Waals surface area contributed by atoms with Gasteiger partial charge in [-0.05, 0) is 18.1 Å². The smallest absolute Gasteiger partial charge is 0.123 e. The predicted molar refractivity (Wildman–Crippen MR) is 69.5 cm³/mol. The van der Waals surface area contributed by atoms with Crippen LogP contribution in [-0.4, -0.2) is 26.9 Å². The van der Waals surface area contributed by atoms with E-state index >= 15 is 0 Å². The average Bonchev–Trinajstić information content (AvgIpc) is 2.91. The summed E-state index contributed by atoms with van der Waals surface area (Å²) in [4.78, 5) is 0. The fourth-order valence-corrected chi connectivity index (χ4v) is 2.11. The van der Waals surface area contributed by atoms with Gasteiger partial charge in [0, 0.05) is 24.6 Å². The lowest BCUT2D eigenvalue weighted by Gasteiger charge is -2.11. The molecule has 0 aromatic heterocycles. The van der Waals surface area contributed by atoms with Crippen LogP contribution in [0.4, 0.5) is 0 Å². The Balaban J connectivity index is 1.84. The van der Waals surface area contributed by atoms with Crippen molar-refractivity contribution < 1.29 is 14.2 Å². The molecule has 1 fully saturated rings. The molecule has 18 heavy (non-hydrogen) atoms. The maximum Gasteiger partial charge on any atom is 0.123 e. The van der Waals surface area contributed by atoms with Gasteiger partial charge < -0.3 is 19.9 Å². The molecule has 0 amide bonds. The Morgan fingerprint density at radius 3 is 3.00 bits per heavy atom. The number of methoxy groups -OCH3 is 1. The number of rotatable bonds is 6. The lowest BCUT2D eigenvalue weighted by Crippen LogP contribution is -2.09. The van der Waals surface area contributed by atoms with Crippen molar-refractivity contribution in [1.82, 2.24) is 0 Å². The molecule has 2 rings (SSSR count). The van der Waals surface area contributed by atoms with E-state index in [4.69, 9.17) is 19.9 Å². The van der Waals surface area contributed by atoms with Crippen LogP contribution in [0.3, 0.4) is 0 Å². The third-order valence-corrected chi connectivity index (χ3v) is 3.22. The molecule has 1 atom stereocenters. The molecule has 4 nitrogen and oxygen atoms in total. The minimum atomic E-state index is 0.490. The molecule has 2 N–H and O–H groups in total. The van der Waals surface area contributed by atoms with Gasteiger partial charge in [0.15, 0.2) is 0 Å². The normalized spacial score (nSPS) is 19.1. The molecule has 1 aliphatic rings. The first-order valence-corrected chi connectivity index (χ1v) is 6.35. The summed E-state index contributed by atoms with van der Waals surface area (Å²) in [7, 11) is 1.66. The zero-order chi connectivity index (χ0) is 12.8. The van der Waals surface area contributed by atoms with E-state index in [0.29, 0.717) is 19.1 Å². The van der Waals surface area contributed by atoms with Crippen LogP contribution >= 0.6 is 0 Å². The molecule has 100 valence electrons. The van der Waals surface area contributed by atoms with Crippen LogP contribution in [0, 0.1) is 5.92 Å². The Morgan fingerprint density at radius 1 is 1.44 bits per heavy atom. The van der Waals surface area contributed by atoms with Gasteiger partial charge in [-0.3, -0.25) is 0 Å². The maximum atomic E-state index is 5.71. The fraction of sp³-hybridized carbons (Fsp3) is 0.571.